The summed E-state index contributed by atoms with van der Waals surface area (Å²) in [6.07, 6.45) is 3.37. The van der Waals surface area contributed by atoms with E-state index in [1.807, 2.05) is 34.9 Å². The second kappa shape index (κ2) is 8.50. The van der Waals surface area contributed by atoms with E-state index in [1.54, 1.807) is 43.8 Å². The molecule has 30 heavy (non-hydrogen) atoms. The molecule has 0 amide bonds. The molecule has 8 nitrogen and oxygen atoms in total. The van der Waals surface area contributed by atoms with Gasteiger partial charge in [0.25, 0.3) is 0 Å². The van der Waals surface area contributed by atoms with Gasteiger partial charge in [-0.25, -0.2) is 13.4 Å². The Hall–Kier alpha value is -3.46. The SMILES string of the molecule is COc1cccc(-c2noc(CS(=O)(=O)Cc3nccn3Cc3ccccc3)n2)c1. The third-order valence-corrected chi connectivity index (χ3v) is 5.87. The molecule has 0 aliphatic heterocycles. The highest BCUT2D eigenvalue weighted by Crippen LogP contribution is 2.22. The van der Waals surface area contributed by atoms with Crippen LogP contribution in [0.1, 0.15) is 17.3 Å². The molecule has 154 valence electrons. The van der Waals surface area contributed by atoms with E-state index in [2.05, 4.69) is 15.1 Å². The average molecular weight is 424 g/mol. The van der Waals surface area contributed by atoms with Crippen LogP contribution in [0.25, 0.3) is 11.4 Å². The van der Waals surface area contributed by atoms with Crippen LogP contribution in [0.3, 0.4) is 0 Å². The van der Waals surface area contributed by atoms with E-state index in [4.69, 9.17) is 9.26 Å². The van der Waals surface area contributed by atoms with Crippen molar-refractivity contribution in [3.05, 3.63) is 84.3 Å². The molecule has 4 aromatic rings. The van der Waals surface area contributed by atoms with E-state index < -0.39 is 9.84 Å². The molecule has 2 aromatic heterocycles. The van der Waals surface area contributed by atoms with Gasteiger partial charge < -0.3 is 13.8 Å². The van der Waals surface area contributed by atoms with Gasteiger partial charge in [0.2, 0.25) is 11.7 Å². The molecule has 0 aliphatic rings. The van der Waals surface area contributed by atoms with E-state index in [0.29, 0.717) is 29.5 Å². The van der Waals surface area contributed by atoms with Crippen molar-refractivity contribution in [2.24, 2.45) is 0 Å². The Labute approximate surface area is 174 Å². The zero-order chi connectivity index (χ0) is 21.0. The zero-order valence-corrected chi connectivity index (χ0v) is 17.1. The maximum atomic E-state index is 12.7. The summed E-state index contributed by atoms with van der Waals surface area (Å²) in [7, 11) is -1.99. The van der Waals surface area contributed by atoms with E-state index in [0.717, 1.165) is 5.56 Å². The number of imidazole rings is 1. The van der Waals surface area contributed by atoms with Gasteiger partial charge in [-0.2, -0.15) is 4.98 Å². The number of hydrogen-bond acceptors (Lipinski definition) is 7. The van der Waals surface area contributed by atoms with Crippen molar-refractivity contribution in [1.29, 1.82) is 0 Å². The molecule has 4 rings (SSSR count). The number of methoxy groups -OCH3 is 1. The van der Waals surface area contributed by atoms with Crippen molar-refractivity contribution in [2.45, 2.75) is 18.1 Å². The lowest BCUT2D eigenvalue weighted by Crippen LogP contribution is -2.13. The first-order valence-corrected chi connectivity index (χ1v) is 11.1. The summed E-state index contributed by atoms with van der Waals surface area (Å²) >= 11 is 0. The van der Waals surface area contributed by atoms with Gasteiger partial charge in [-0.1, -0.05) is 47.6 Å². The molecule has 0 saturated heterocycles. The summed E-state index contributed by atoms with van der Waals surface area (Å²) in [6.45, 7) is 0.548. The third-order valence-electron chi connectivity index (χ3n) is 4.49. The van der Waals surface area contributed by atoms with Crippen molar-refractivity contribution >= 4 is 9.84 Å². The van der Waals surface area contributed by atoms with Crippen LogP contribution in [0.5, 0.6) is 5.75 Å². The molecular formula is C21H20N4O4S. The van der Waals surface area contributed by atoms with Crippen LogP contribution in [-0.2, 0) is 27.9 Å². The summed E-state index contributed by atoms with van der Waals surface area (Å²) in [4.78, 5) is 8.44. The zero-order valence-electron chi connectivity index (χ0n) is 16.3. The molecule has 0 radical (unpaired) electrons. The minimum absolute atomic E-state index is 0.0361. The maximum absolute atomic E-state index is 12.7. The van der Waals surface area contributed by atoms with Gasteiger partial charge in [0.1, 0.15) is 23.1 Å². The second-order valence-corrected chi connectivity index (χ2v) is 8.80. The second-order valence-electron chi connectivity index (χ2n) is 6.73. The quantitative estimate of drug-likeness (QED) is 0.428. The van der Waals surface area contributed by atoms with E-state index in [1.165, 1.54) is 0 Å². The molecule has 0 atom stereocenters. The third kappa shape index (κ3) is 4.74. The van der Waals surface area contributed by atoms with Gasteiger partial charge in [0, 0.05) is 24.5 Å². The van der Waals surface area contributed by atoms with Crippen LogP contribution < -0.4 is 4.74 Å². The number of rotatable bonds is 8. The number of hydrogen-bond donors (Lipinski definition) is 0. The Morgan fingerprint density at radius 1 is 1.07 bits per heavy atom. The summed E-state index contributed by atoms with van der Waals surface area (Å²) in [5, 5.41) is 3.89. The molecule has 0 spiro atoms. The maximum Gasteiger partial charge on any atom is 0.242 e. The van der Waals surface area contributed by atoms with Gasteiger partial charge in [-0.3, -0.25) is 0 Å². The number of nitrogens with zero attached hydrogens (tertiary/aromatic N) is 4. The van der Waals surface area contributed by atoms with Crippen molar-refractivity contribution in [3.63, 3.8) is 0 Å². The van der Waals surface area contributed by atoms with Gasteiger partial charge in [-0.05, 0) is 17.7 Å². The van der Waals surface area contributed by atoms with Crippen LogP contribution in [0.2, 0.25) is 0 Å². The molecule has 0 saturated carbocycles. The first-order valence-electron chi connectivity index (χ1n) is 9.24. The molecule has 0 fully saturated rings. The van der Waals surface area contributed by atoms with Crippen LogP contribution in [-0.4, -0.2) is 35.2 Å². The number of benzene rings is 2. The first kappa shape index (κ1) is 19.8. The largest absolute Gasteiger partial charge is 0.497 e. The highest BCUT2D eigenvalue weighted by molar-refractivity contribution is 7.89. The summed E-state index contributed by atoms with van der Waals surface area (Å²) in [5.74, 6) is 0.882. The molecule has 2 aromatic carbocycles. The van der Waals surface area contributed by atoms with Crippen LogP contribution in [0.4, 0.5) is 0 Å². The van der Waals surface area contributed by atoms with Gasteiger partial charge in [-0.15, -0.1) is 0 Å². The number of sulfone groups is 1. The van der Waals surface area contributed by atoms with Crippen molar-refractivity contribution < 1.29 is 17.7 Å². The highest BCUT2D eigenvalue weighted by atomic mass is 32.2. The fourth-order valence-electron chi connectivity index (χ4n) is 3.03. The predicted molar refractivity (Wildman–Crippen MR) is 110 cm³/mol. The summed E-state index contributed by atoms with van der Waals surface area (Å²) < 4.78 is 37.6. The van der Waals surface area contributed by atoms with Gasteiger partial charge in [0.05, 0.1) is 7.11 Å². The highest BCUT2D eigenvalue weighted by Gasteiger charge is 2.21. The first-order chi connectivity index (χ1) is 14.5. The fraction of sp³-hybridized carbons (Fsp3) is 0.190. The Bertz CT molecular complexity index is 1230. The minimum Gasteiger partial charge on any atom is -0.497 e. The molecule has 0 unspecified atom stereocenters. The van der Waals surface area contributed by atoms with Gasteiger partial charge >= 0.3 is 0 Å². The smallest absolute Gasteiger partial charge is 0.242 e. The standard InChI is InChI=1S/C21H20N4O4S/c1-28-18-9-5-8-17(12-18)21-23-20(29-24-21)15-30(26,27)14-19-22-10-11-25(19)13-16-6-3-2-4-7-16/h2-12H,13-15H2,1H3. The number of aromatic nitrogens is 4. The van der Waals surface area contributed by atoms with E-state index in [-0.39, 0.29) is 17.4 Å². The Balaban J connectivity index is 1.47. The molecule has 2 heterocycles. The Morgan fingerprint density at radius 3 is 2.70 bits per heavy atom. The molecule has 9 heteroatoms. The van der Waals surface area contributed by atoms with Crippen LogP contribution >= 0.6 is 0 Å². The monoisotopic (exact) mass is 424 g/mol. The summed E-state index contributed by atoms with van der Waals surface area (Å²) in [5.41, 5.74) is 1.74. The summed E-state index contributed by atoms with van der Waals surface area (Å²) in [6, 6.07) is 16.9. The predicted octanol–water partition coefficient (Wildman–Crippen LogP) is 3.11. The molecular weight excluding hydrogens is 404 g/mol. The molecule has 0 N–H and O–H groups in total. The Kier molecular flexibility index (Phi) is 5.62. The number of ether oxygens (including phenoxy) is 1. The van der Waals surface area contributed by atoms with Crippen molar-refractivity contribution in [2.75, 3.05) is 7.11 Å². The topological polar surface area (TPSA) is 100 Å². The van der Waals surface area contributed by atoms with Gasteiger partial charge in [0.15, 0.2) is 9.84 Å². The normalized spacial score (nSPS) is 11.5. The van der Waals surface area contributed by atoms with Crippen LogP contribution in [0, 0.1) is 0 Å². The van der Waals surface area contributed by atoms with Crippen LogP contribution in [0.15, 0.2) is 71.5 Å². The van der Waals surface area contributed by atoms with E-state index in [9.17, 15) is 8.42 Å². The lowest BCUT2D eigenvalue weighted by atomic mass is 10.2. The molecule has 0 bridgehead atoms. The average Bonchev–Trinajstić information content (AvgIpc) is 3.38. The van der Waals surface area contributed by atoms with Crippen molar-refractivity contribution in [1.82, 2.24) is 19.7 Å². The Morgan fingerprint density at radius 2 is 1.90 bits per heavy atom. The lowest BCUT2D eigenvalue weighted by molar-refractivity contribution is 0.389. The minimum atomic E-state index is -3.56. The molecule has 0 aliphatic carbocycles. The van der Waals surface area contributed by atoms with Crippen molar-refractivity contribution in [3.8, 4) is 17.1 Å². The lowest BCUT2D eigenvalue weighted by Gasteiger charge is -2.08. The fourth-order valence-corrected chi connectivity index (χ4v) is 4.26. The van der Waals surface area contributed by atoms with E-state index >= 15 is 0 Å².